The first-order chi connectivity index (χ1) is 9.33. The Kier molecular flexibility index (Phi) is 8.24. The second-order valence-corrected chi connectivity index (χ2v) is 4.26. The van der Waals surface area contributed by atoms with Gasteiger partial charge in [0.25, 0.3) is 0 Å². The fourth-order valence-corrected chi connectivity index (χ4v) is 2.00. The van der Waals surface area contributed by atoms with Crippen LogP contribution < -0.4 is 5.73 Å². The fourth-order valence-electron chi connectivity index (χ4n) is 2.00. The van der Waals surface area contributed by atoms with E-state index in [1.807, 2.05) is 6.07 Å². The van der Waals surface area contributed by atoms with Gasteiger partial charge in [-0.2, -0.15) is 0 Å². The van der Waals surface area contributed by atoms with Gasteiger partial charge in [-0.25, -0.2) is 9.97 Å². The summed E-state index contributed by atoms with van der Waals surface area (Å²) < 4.78 is 10.3. The van der Waals surface area contributed by atoms with Gasteiger partial charge in [-0.3, -0.25) is 4.90 Å². The SMILES string of the molecule is COCCCN(CCOC)C(CN)c1ccncn1. The molecule has 2 N–H and O–H groups in total. The molecule has 0 aliphatic heterocycles. The van der Waals surface area contributed by atoms with Crippen LogP contribution in [0, 0.1) is 0 Å². The molecule has 0 fully saturated rings. The highest BCUT2D eigenvalue weighted by Crippen LogP contribution is 2.17. The zero-order valence-electron chi connectivity index (χ0n) is 11.8. The molecule has 0 spiro atoms. The number of nitrogens with zero attached hydrogens (tertiary/aromatic N) is 3. The Labute approximate surface area is 114 Å². The Hall–Kier alpha value is -1.08. The minimum atomic E-state index is 0.0926. The summed E-state index contributed by atoms with van der Waals surface area (Å²) in [6.07, 6.45) is 4.26. The first-order valence-corrected chi connectivity index (χ1v) is 6.51. The van der Waals surface area contributed by atoms with Crippen molar-refractivity contribution in [1.29, 1.82) is 0 Å². The quantitative estimate of drug-likeness (QED) is 0.622. The molecule has 108 valence electrons. The molecule has 0 aliphatic carbocycles. The Bertz CT molecular complexity index is 324. The highest BCUT2D eigenvalue weighted by atomic mass is 16.5. The number of hydrogen-bond acceptors (Lipinski definition) is 6. The summed E-state index contributed by atoms with van der Waals surface area (Å²) in [4.78, 5) is 10.5. The highest BCUT2D eigenvalue weighted by molar-refractivity contribution is 5.05. The third-order valence-electron chi connectivity index (χ3n) is 2.99. The van der Waals surface area contributed by atoms with Gasteiger partial charge in [0.05, 0.1) is 18.3 Å². The molecule has 1 rings (SSSR count). The zero-order valence-corrected chi connectivity index (χ0v) is 11.8. The van der Waals surface area contributed by atoms with Crippen molar-refractivity contribution in [3.8, 4) is 0 Å². The molecule has 0 bridgehead atoms. The summed E-state index contributed by atoms with van der Waals surface area (Å²) in [7, 11) is 3.42. The third kappa shape index (κ3) is 5.61. The number of methoxy groups -OCH3 is 2. The summed E-state index contributed by atoms with van der Waals surface area (Å²) in [5, 5.41) is 0. The maximum absolute atomic E-state index is 5.91. The Morgan fingerprint density at radius 1 is 1.26 bits per heavy atom. The van der Waals surface area contributed by atoms with E-state index < -0.39 is 0 Å². The molecule has 0 saturated heterocycles. The van der Waals surface area contributed by atoms with E-state index in [0.717, 1.165) is 31.8 Å². The predicted octanol–water partition coefficient (Wildman–Crippen LogP) is 0.461. The summed E-state index contributed by atoms with van der Waals surface area (Å²) in [5.41, 5.74) is 6.86. The van der Waals surface area contributed by atoms with Crippen LogP contribution in [0.2, 0.25) is 0 Å². The van der Waals surface area contributed by atoms with Crippen molar-refractivity contribution in [1.82, 2.24) is 14.9 Å². The first kappa shape index (κ1) is 16.0. The smallest absolute Gasteiger partial charge is 0.115 e. The van der Waals surface area contributed by atoms with Crippen molar-refractivity contribution in [3.05, 3.63) is 24.3 Å². The Morgan fingerprint density at radius 2 is 2.05 bits per heavy atom. The van der Waals surface area contributed by atoms with Crippen molar-refractivity contribution < 1.29 is 9.47 Å². The lowest BCUT2D eigenvalue weighted by Gasteiger charge is -2.30. The molecule has 0 aromatic carbocycles. The third-order valence-corrected chi connectivity index (χ3v) is 2.99. The standard InChI is InChI=1S/C13H24N4O2/c1-18-8-3-6-17(7-9-19-2)13(10-14)12-4-5-15-11-16-12/h4-5,11,13H,3,6-10,14H2,1-2H3. The van der Waals surface area contributed by atoms with Crippen LogP contribution >= 0.6 is 0 Å². The second-order valence-electron chi connectivity index (χ2n) is 4.26. The van der Waals surface area contributed by atoms with E-state index >= 15 is 0 Å². The van der Waals surface area contributed by atoms with Gasteiger partial charge in [-0.15, -0.1) is 0 Å². The molecule has 1 aromatic rings. The van der Waals surface area contributed by atoms with Crippen LogP contribution in [0.4, 0.5) is 0 Å². The molecule has 1 atom stereocenters. The Morgan fingerprint density at radius 3 is 2.63 bits per heavy atom. The van der Waals surface area contributed by atoms with Gasteiger partial charge in [-0.05, 0) is 12.5 Å². The normalized spacial score (nSPS) is 12.8. The lowest BCUT2D eigenvalue weighted by molar-refractivity contribution is 0.107. The first-order valence-electron chi connectivity index (χ1n) is 6.51. The van der Waals surface area contributed by atoms with Gasteiger partial charge in [0.2, 0.25) is 0 Å². The van der Waals surface area contributed by atoms with Crippen LogP contribution in [0.1, 0.15) is 18.2 Å². The molecule has 19 heavy (non-hydrogen) atoms. The molecule has 6 heteroatoms. The van der Waals surface area contributed by atoms with E-state index in [2.05, 4.69) is 14.9 Å². The molecule has 6 nitrogen and oxygen atoms in total. The van der Waals surface area contributed by atoms with E-state index in [9.17, 15) is 0 Å². The van der Waals surface area contributed by atoms with Crippen molar-refractivity contribution in [2.45, 2.75) is 12.5 Å². The number of rotatable bonds is 10. The average molecular weight is 268 g/mol. The van der Waals surface area contributed by atoms with Crippen LogP contribution in [0.15, 0.2) is 18.6 Å². The van der Waals surface area contributed by atoms with Gasteiger partial charge < -0.3 is 15.2 Å². The summed E-state index contributed by atoms with van der Waals surface area (Å²) in [6, 6.07) is 2.00. The molecule has 0 aliphatic rings. The topological polar surface area (TPSA) is 73.5 Å². The summed E-state index contributed by atoms with van der Waals surface area (Å²) >= 11 is 0. The summed E-state index contributed by atoms with van der Waals surface area (Å²) in [5.74, 6) is 0. The van der Waals surface area contributed by atoms with Crippen LogP contribution in [0.5, 0.6) is 0 Å². The van der Waals surface area contributed by atoms with Gasteiger partial charge >= 0.3 is 0 Å². The number of nitrogens with two attached hydrogens (primary N) is 1. The van der Waals surface area contributed by atoms with Gasteiger partial charge in [0, 0.05) is 46.7 Å². The number of aromatic nitrogens is 2. The molecular formula is C13H24N4O2. The molecular weight excluding hydrogens is 244 g/mol. The molecule has 0 saturated carbocycles. The average Bonchev–Trinajstić information content (AvgIpc) is 2.46. The lowest BCUT2D eigenvalue weighted by Crippen LogP contribution is -2.37. The second kappa shape index (κ2) is 9.80. The maximum atomic E-state index is 5.91. The molecule has 1 aromatic heterocycles. The van der Waals surface area contributed by atoms with Gasteiger partial charge in [0.1, 0.15) is 6.33 Å². The van der Waals surface area contributed by atoms with Crippen LogP contribution in [0.3, 0.4) is 0 Å². The van der Waals surface area contributed by atoms with Crippen LogP contribution in [0.25, 0.3) is 0 Å². The van der Waals surface area contributed by atoms with E-state index in [-0.39, 0.29) is 6.04 Å². The molecule has 1 unspecified atom stereocenters. The Balaban J connectivity index is 2.68. The van der Waals surface area contributed by atoms with Crippen molar-refractivity contribution in [3.63, 3.8) is 0 Å². The zero-order chi connectivity index (χ0) is 13.9. The van der Waals surface area contributed by atoms with E-state index in [1.165, 1.54) is 0 Å². The molecule has 1 heterocycles. The minimum absolute atomic E-state index is 0.0926. The van der Waals surface area contributed by atoms with E-state index in [4.69, 9.17) is 15.2 Å². The molecule has 0 amide bonds. The number of ether oxygens (including phenoxy) is 2. The van der Waals surface area contributed by atoms with Crippen LogP contribution in [-0.4, -0.2) is 61.9 Å². The van der Waals surface area contributed by atoms with Crippen LogP contribution in [-0.2, 0) is 9.47 Å². The molecule has 0 radical (unpaired) electrons. The largest absolute Gasteiger partial charge is 0.385 e. The van der Waals surface area contributed by atoms with E-state index in [0.29, 0.717) is 13.2 Å². The monoisotopic (exact) mass is 268 g/mol. The van der Waals surface area contributed by atoms with Crippen molar-refractivity contribution in [2.75, 3.05) is 47.1 Å². The maximum Gasteiger partial charge on any atom is 0.115 e. The van der Waals surface area contributed by atoms with E-state index in [1.54, 1.807) is 26.7 Å². The number of hydrogen-bond donors (Lipinski definition) is 1. The minimum Gasteiger partial charge on any atom is -0.385 e. The summed E-state index contributed by atoms with van der Waals surface area (Å²) in [6.45, 7) is 3.67. The van der Waals surface area contributed by atoms with Crippen molar-refractivity contribution in [2.24, 2.45) is 5.73 Å². The van der Waals surface area contributed by atoms with Gasteiger partial charge in [-0.1, -0.05) is 0 Å². The van der Waals surface area contributed by atoms with Crippen molar-refractivity contribution >= 4 is 0 Å². The predicted molar refractivity (Wildman–Crippen MR) is 73.8 cm³/mol. The lowest BCUT2D eigenvalue weighted by atomic mass is 10.1. The fraction of sp³-hybridized carbons (Fsp3) is 0.692. The highest BCUT2D eigenvalue weighted by Gasteiger charge is 2.19. The van der Waals surface area contributed by atoms with Gasteiger partial charge in [0.15, 0.2) is 0 Å².